The molecular formula is C15H20N4O2. The first-order valence-electron chi connectivity index (χ1n) is 6.83. The van der Waals surface area contributed by atoms with Gasteiger partial charge in [-0.05, 0) is 13.3 Å². The van der Waals surface area contributed by atoms with Gasteiger partial charge in [0.15, 0.2) is 5.82 Å². The van der Waals surface area contributed by atoms with Crippen molar-refractivity contribution >= 4 is 23.3 Å². The van der Waals surface area contributed by atoms with Crippen molar-refractivity contribution in [2.24, 2.45) is 13.0 Å². The van der Waals surface area contributed by atoms with Gasteiger partial charge >= 0.3 is 0 Å². The molecule has 6 heteroatoms. The largest absolute Gasteiger partial charge is 0.299 e. The van der Waals surface area contributed by atoms with Crippen molar-refractivity contribution in [1.29, 1.82) is 5.41 Å². The maximum absolute atomic E-state index is 12.1. The molecule has 0 spiro atoms. The van der Waals surface area contributed by atoms with Crippen LogP contribution in [0.5, 0.6) is 0 Å². The van der Waals surface area contributed by atoms with E-state index in [0.29, 0.717) is 0 Å². The van der Waals surface area contributed by atoms with Gasteiger partial charge in [0, 0.05) is 24.2 Å². The molecule has 1 saturated heterocycles. The predicted octanol–water partition coefficient (Wildman–Crippen LogP) is 1.80. The van der Waals surface area contributed by atoms with Crippen molar-refractivity contribution in [2.75, 3.05) is 4.90 Å². The van der Waals surface area contributed by atoms with Crippen molar-refractivity contribution in [3.63, 3.8) is 0 Å². The highest BCUT2D eigenvalue weighted by Crippen LogP contribution is 2.31. The molecule has 1 unspecified atom stereocenters. The topological polar surface area (TPSA) is 79.1 Å². The molecule has 1 atom stereocenters. The molecule has 1 fully saturated rings. The second-order valence-corrected chi connectivity index (χ2v) is 6.00. The zero-order chi connectivity index (χ0) is 15.9. The number of imide groups is 1. The van der Waals surface area contributed by atoms with Gasteiger partial charge in [0.05, 0.1) is 5.92 Å². The van der Waals surface area contributed by atoms with Crippen LogP contribution in [0.4, 0.5) is 5.82 Å². The van der Waals surface area contributed by atoms with Crippen LogP contribution in [0.2, 0.25) is 0 Å². The summed E-state index contributed by atoms with van der Waals surface area (Å²) in [5.41, 5.74) is 0.522. The Morgan fingerprint density at radius 3 is 2.57 bits per heavy atom. The molecule has 0 saturated carbocycles. The number of hydrogen-bond donors (Lipinski definition) is 1. The van der Waals surface area contributed by atoms with Gasteiger partial charge in [0.25, 0.3) is 5.91 Å². The van der Waals surface area contributed by atoms with Gasteiger partial charge in [-0.3, -0.25) is 19.7 Å². The van der Waals surface area contributed by atoms with E-state index in [1.165, 1.54) is 0 Å². The Morgan fingerprint density at radius 1 is 1.48 bits per heavy atom. The van der Waals surface area contributed by atoms with Crippen molar-refractivity contribution in [1.82, 2.24) is 9.78 Å². The molecule has 2 heterocycles. The van der Waals surface area contributed by atoms with E-state index in [9.17, 15) is 9.59 Å². The number of allylic oxidation sites excluding steroid dienone is 1. The number of aromatic nitrogens is 2. The zero-order valence-corrected chi connectivity index (χ0v) is 12.8. The number of anilines is 1. The van der Waals surface area contributed by atoms with E-state index >= 15 is 0 Å². The third kappa shape index (κ3) is 2.30. The summed E-state index contributed by atoms with van der Waals surface area (Å²) in [7, 11) is 1.78. The maximum atomic E-state index is 12.1. The van der Waals surface area contributed by atoms with Crippen molar-refractivity contribution in [3.05, 3.63) is 24.4 Å². The lowest BCUT2D eigenvalue weighted by Crippen LogP contribution is -2.31. The van der Waals surface area contributed by atoms with Gasteiger partial charge in [-0.1, -0.05) is 19.9 Å². The van der Waals surface area contributed by atoms with Crippen LogP contribution in [0.1, 0.15) is 32.9 Å². The summed E-state index contributed by atoms with van der Waals surface area (Å²) in [6, 6.07) is 1.74. The molecule has 1 aliphatic rings. The summed E-state index contributed by atoms with van der Waals surface area (Å²) >= 11 is 0. The van der Waals surface area contributed by atoms with Crippen LogP contribution in [0.15, 0.2) is 18.7 Å². The standard InChI is InChI=1S/C15H20N4O2/c1-6-7-15(3,4)10-8-11(17-18(10)5)19-13(20)9(2)12(16)14(19)21/h6,8-9,16H,1,7H2,2-5H3. The maximum Gasteiger partial charge on any atom is 0.280 e. The molecule has 2 rings (SSSR count). The molecule has 1 aromatic rings. The Morgan fingerprint density at radius 2 is 2.10 bits per heavy atom. The smallest absolute Gasteiger partial charge is 0.280 e. The fraction of sp³-hybridized carbons (Fsp3) is 0.467. The number of carbonyl (C=O) groups excluding carboxylic acids is 2. The first kappa shape index (κ1) is 15.2. The van der Waals surface area contributed by atoms with Crippen molar-refractivity contribution < 1.29 is 9.59 Å². The Hall–Kier alpha value is -2.24. The lowest BCUT2D eigenvalue weighted by atomic mass is 9.85. The lowest BCUT2D eigenvalue weighted by molar-refractivity contribution is -0.122. The summed E-state index contributed by atoms with van der Waals surface area (Å²) in [5, 5.41) is 11.9. The first-order chi connectivity index (χ1) is 9.70. The minimum absolute atomic E-state index is 0.183. The average Bonchev–Trinajstić information content (AvgIpc) is 2.86. The second kappa shape index (κ2) is 4.95. The highest BCUT2D eigenvalue weighted by molar-refractivity contribution is 6.56. The van der Waals surface area contributed by atoms with Crippen LogP contribution in [0.3, 0.4) is 0 Å². The monoisotopic (exact) mass is 288 g/mol. The molecule has 1 N–H and O–H groups in total. The summed E-state index contributed by atoms with van der Waals surface area (Å²) in [6.07, 6.45) is 2.58. The average molecular weight is 288 g/mol. The predicted molar refractivity (Wildman–Crippen MR) is 80.4 cm³/mol. The Bertz CT molecular complexity index is 642. The van der Waals surface area contributed by atoms with Gasteiger partial charge in [0.1, 0.15) is 5.71 Å². The normalized spacial score (nSPS) is 19.5. The molecule has 112 valence electrons. The summed E-state index contributed by atoms with van der Waals surface area (Å²) in [5.74, 6) is -1.40. The van der Waals surface area contributed by atoms with Gasteiger partial charge in [-0.2, -0.15) is 5.10 Å². The molecule has 1 aromatic heterocycles. The second-order valence-electron chi connectivity index (χ2n) is 6.00. The van der Waals surface area contributed by atoms with Crippen LogP contribution in [0.25, 0.3) is 0 Å². The molecule has 0 radical (unpaired) electrons. The molecule has 1 aliphatic heterocycles. The number of aryl methyl sites for hydroxylation is 1. The van der Waals surface area contributed by atoms with Crippen molar-refractivity contribution in [2.45, 2.75) is 32.6 Å². The molecule has 0 aliphatic carbocycles. The molecule has 6 nitrogen and oxygen atoms in total. The number of nitrogens with one attached hydrogen (secondary N) is 1. The number of hydrogen-bond acceptors (Lipinski definition) is 4. The number of amides is 2. The van der Waals surface area contributed by atoms with Crippen LogP contribution >= 0.6 is 0 Å². The fourth-order valence-corrected chi connectivity index (χ4v) is 2.60. The van der Waals surface area contributed by atoms with Gasteiger partial charge in [0.2, 0.25) is 5.91 Å². The minimum Gasteiger partial charge on any atom is -0.299 e. The van der Waals surface area contributed by atoms with E-state index < -0.39 is 17.7 Å². The lowest BCUT2D eigenvalue weighted by Gasteiger charge is -2.22. The van der Waals surface area contributed by atoms with E-state index in [4.69, 9.17) is 5.41 Å². The Kier molecular flexibility index (Phi) is 3.57. The third-order valence-electron chi connectivity index (χ3n) is 3.90. The summed E-state index contributed by atoms with van der Waals surface area (Å²) in [6.45, 7) is 9.42. The van der Waals surface area contributed by atoms with Crippen LogP contribution < -0.4 is 4.90 Å². The SMILES string of the molecule is C=CCC(C)(C)c1cc(N2C(=O)C(=N)C(C)C2=O)nn1C. The summed E-state index contributed by atoms with van der Waals surface area (Å²) in [4.78, 5) is 25.2. The van der Waals surface area contributed by atoms with E-state index in [1.54, 1.807) is 24.7 Å². The number of nitrogens with zero attached hydrogens (tertiary/aromatic N) is 3. The van der Waals surface area contributed by atoms with Crippen LogP contribution in [-0.2, 0) is 22.1 Å². The zero-order valence-electron chi connectivity index (χ0n) is 12.8. The molecule has 0 bridgehead atoms. The number of carbonyl (C=O) groups is 2. The Balaban J connectivity index is 2.44. The number of rotatable bonds is 4. The molecule has 2 amide bonds. The van der Waals surface area contributed by atoms with E-state index in [1.807, 2.05) is 19.9 Å². The van der Waals surface area contributed by atoms with Gasteiger partial charge in [-0.15, -0.1) is 6.58 Å². The third-order valence-corrected chi connectivity index (χ3v) is 3.90. The van der Waals surface area contributed by atoms with Crippen LogP contribution in [0, 0.1) is 11.3 Å². The van der Waals surface area contributed by atoms with Crippen LogP contribution in [-0.4, -0.2) is 27.3 Å². The summed E-state index contributed by atoms with van der Waals surface area (Å²) < 4.78 is 1.67. The minimum atomic E-state index is -0.704. The van der Waals surface area contributed by atoms with E-state index in [0.717, 1.165) is 17.0 Å². The van der Waals surface area contributed by atoms with Crippen molar-refractivity contribution in [3.8, 4) is 0 Å². The molecule has 0 aromatic carbocycles. The molecule has 21 heavy (non-hydrogen) atoms. The van der Waals surface area contributed by atoms with E-state index in [2.05, 4.69) is 11.7 Å². The quantitative estimate of drug-likeness (QED) is 0.677. The van der Waals surface area contributed by atoms with Gasteiger partial charge in [-0.25, -0.2) is 4.90 Å². The molecular weight excluding hydrogens is 268 g/mol. The Labute approximate surface area is 123 Å². The van der Waals surface area contributed by atoms with E-state index in [-0.39, 0.29) is 16.9 Å². The first-order valence-corrected chi connectivity index (χ1v) is 6.83. The highest BCUT2D eigenvalue weighted by Gasteiger charge is 2.43. The highest BCUT2D eigenvalue weighted by atomic mass is 16.2. The fourth-order valence-electron chi connectivity index (χ4n) is 2.60. The van der Waals surface area contributed by atoms with Gasteiger partial charge < -0.3 is 0 Å².